The van der Waals surface area contributed by atoms with E-state index in [9.17, 15) is 0 Å². The Hall–Kier alpha value is -1.05. The minimum absolute atomic E-state index is 0.543. The minimum atomic E-state index is -0.907. The van der Waals surface area contributed by atoms with E-state index in [-0.39, 0.29) is 0 Å². The zero-order chi connectivity index (χ0) is 16.5. The van der Waals surface area contributed by atoms with E-state index in [1.54, 1.807) is 6.20 Å². The summed E-state index contributed by atoms with van der Waals surface area (Å²) in [7, 11) is 0. The van der Waals surface area contributed by atoms with Gasteiger partial charge in [0.15, 0.2) is 11.5 Å². The molecule has 4 aliphatic rings. The monoisotopic (exact) mass is 454 g/mol. The van der Waals surface area contributed by atoms with E-state index >= 15 is 0 Å². The lowest BCUT2D eigenvalue weighted by Gasteiger charge is -2.36. The Kier molecular flexibility index (Phi) is 3.31. The summed E-state index contributed by atoms with van der Waals surface area (Å²) in [5.41, 5.74) is 1.99. The number of hydrogen-bond acceptors (Lipinski definition) is 4. The van der Waals surface area contributed by atoms with Crippen LogP contribution >= 0.6 is 34.5 Å². The molecule has 0 N–H and O–H groups in total. The number of halogens is 2. The quantitative estimate of drug-likeness (QED) is 0.494. The second-order valence-corrected chi connectivity index (χ2v) is 8.53. The lowest BCUT2D eigenvalue weighted by Crippen LogP contribution is -2.35. The number of nitrogens with zero attached hydrogens (tertiary/aromatic N) is 2. The number of para-hydroxylation sites is 1. The number of ether oxygens (including phenoxy) is 2. The second-order valence-electron chi connectivity index (χ2n) is 6.86. The molecule has 3 fully saturated rings. The van der Waals surface area contributed by atoms with Gasteiger partial charge in [0.2, 0.25) is 0 Å². The van der Waals surface area contributed by atoms with Gasteiger partial charge in [0.05, 0.1) is 5.02 Å². The summed E-state index contributed by atoms with van der Waals surface area (Å²) >= 11 is 8.40. The van der Waals surface area contributed by atoms with Crippen molar-refractivity contribution in [1.82, 2.24) is 8.10 Å². The van der Waals surface area contributed by atoms with Gasteiger partial charge >= 0.3 is 0 Å². The Bertz CT molecular complexity index is 815. The third-order valence-corrected chi connectivity index (χ3v) is 6.73. The van der Waals surface area contributed by atoms with Crippen LogP contribution in [0.3, 0.4) is 0 Å². The predicted octanol–water partition coefficient (Wildman–Crippen LogP) is 4.52. The van der Waals surface area contributed by atoms with Crippen LogP contribution in [-0.4, -0.2) is 20.7 Å². The maximum atomic E-state index is 6.32. The molecule has 124 valence electrons. The summed E-state index contributed by atoms with van der Waals surface area (Å²) in [6.07, 6.45) is 2.91. The molecule has 24 heavy (non-hydrogen) atoms. The molecular weight excluding hydrogens is 439 g/mol. The van der Waals surface area contributed by atoms with Gasteiger partial charge in [-0.1, -0.05) is 23.7 Å². The van der Waals surface area contributed by atoms with E-state index in [0.29, 0.717) is 17.0 Å². The molecule has 2 bridgehead atoms. The van der Waals surface area contributed by atoms with Gasteiger partial charge in [-0.25, -0.2) is 3.11 Å². The first-order chi connectivity index (χ1) is 11.5. The topological polar surface area (TPSA) is 34.6 Å². The van der Waals surface area contributed by atoms with Gasteiger partial charge in [-0.3, -0.25) is 4.98 Å². The standard InChI is InChI=1S/C18H16ClIN2O2/c1-18(15-6-5-11(19)8-21-15)23-14-4-2-3-12(17(14)24-18)16-10-7-13(16)22(20)9-10/h2-6,8,10,13,16H,7,9H2,1H3/t10?,13-,16?,18?/m0/s1. The van der Waals surface area contributed by atoms with Crippen LogP contribution in [0.4, 0.5) is 0 Å². The molecule has 6 rings (SSSR count). The fourth-order valence-corrected chi connectivity index (χ4v) is 5.37. The van der Waals surface area contributed by atoms with Gasteiger partial charge in [0, 0.05) is 60.1 Å². The molecule has 3 aliphatic heterocycles. The van der Waals surface area contributed by atoms with Crippen molar-refractivity contribution in [3.63, 3.8) is 0 Å². The zero-order valence-corrected chi connectivity index (χ0v) is 16.0. The van der Waals surface area contributed by atoms with Gasteiger partial charge in [0.1, 0.15) is 5.69 Å². The SMILES string of the molecule is CC1(c2ccc(Cl)cn2)Oc2cccc(C3C4C[C@@H]3N(I)C4)c2O1. The average Bonchev–Trinajstić information content (AvgIpc) is 3.18. The summed E-state index contributed by atoms with van der Waals surface area (Å²) in [6.45, 7) is 3.07. The van der Waals surface area contributed by atoms with Gasteiger partial charge < -0.3 is 9.47 Å². The van der Waals surface area contributed by atoms with E-state index in [1.807, 2.05) is 25.1 Å². The van der Waals surface area contributed by atoms with Gasteiger partial charge in [-0.05, 0) is 30.5 Å². The fourth-order valence-electron chi connectivity index (χ4n) is 4.18. The van der Waals surface area contributed by atoms with Crippen molar-refractivity contribution < 1.29 is 9.47 Å². The highest BCUT2D eigenvalue weighted by atomic mass is 127. The fraction of sp³-hybridized carbons (Fsp3) is 0.389. The van der Waals surface area contributed by atoms with E-state index in [0.717, 1.165) is 29.7 Å². The van der Waals surface area contributed by atoms with E-state index in [2.05, 4.69) is 43.1 Å². The smallest absolute Gasteiger partial charge is 0.292 e. The first-order valence-corrected chi connectivity index (χ1v) is 9.45. The van der Waals surface area contributed by atoms with Crippen molar-refractivity contribution in [2.24, 2.45) is 5.92 Å². The summed E-state index contributed by atoms with van der Waals surface area (Å²) in [4.78, 5) is 4.39. The highest BCUT2D eigenvalue weighted by molar-refractivity contribution is 14.1. The summed E-state index contributed by atoms with van der Waals surface area (Å²) < 4.78 is 14.9. The van der Waals surface area contributed by atoms with Crippen LogP contribution in [0.25, 0.3) is 0 Å². The molecule has 4 heterocycles. The van der Waals surface area contributed by atoms with Crippen LogP contribution in [0.1, 0.15) is 30.5 Å². The number of pyridine rings is 1. The summed E-state index contributed by atoms with van der Waals surface area (Å²) in [5.74, 6) is 2.04. The molecule has 4 atom stereocenters. The highest BCUT2D eigenvalue weighted by Crippen LogP contribution is 2.58. The second kappa shape index (κ2) is 5.22. The molecular formula is C18H16ClIN2O2. The summed E-state index contributed by atoms with van der Waals surface area (Å²) in [5, 5.41) is 0.603. The number of aromatic nitrogens is 1. The van der Waals surface area contributed by atoms with E-state index < -0.39 is 5.79 Å². The van der Waals surface area contributed by atoms with Crippen LogP contribution in [0.15, 0.2) is 36.5 Å². The van der Waals surface area contributed by atoms with Crippen molar-refractivity contribution in [2.45, 2.75) is 31.1 Å². The minimum Gasteiger partial charge on any atom is -0.443 e. The first kappa shape index (κ1) is 15.2. The average molecular weight is 455 g/mol. The molecule has 1 aliphatic carbocycles. The zero-order valence-electron chi connectivity index (χ0n) is 13.1. The molecule has 4 nitrogen and oxygen atoms in total. The molecule has 1 aromatic heterocycles. The molecule has 0 spiro atoms. The molecule has 1 aromatic carbocycles. The molecule has 0 amide bonds. The largest absolute Gasteiger partial charge is 0.443 e. The predicted molar refractivity (Wildman–Crippen MR) is 99.7 cm³/mol. The Morgan fingerprint density at radius 1 is 1.29 bits per heavy atom. The molecule has 1 saturated carbocycles. The molecule has 3 unspecified atom stereocenters. The van der Waals surface area contributed by atoms with Crippen LogP contribution in [0.2, 0.25) is 5.02 Å². The maximum absolute atomic E-state index is 6.32. The van der Waals surface area contributed by atoms with Gasteiger partial charge in [-0.2, -0.15) is 0 Å². The number of benzene rings is 1. The van der Waals surface area contributed by atoms with Crippen LogP contribution < -0.4 is 9.47 Å². The van der Waals surface area contributed by atoms with Crippen LogP contribution in [0.5, 0.6) is 11.5 Å². The first-order valence-electron chi connectivity index (χ1n) is 8.10. The van der Waals surface area contributed by atoms with Gasteiger partial charge in [0.25, 0.3) is 5.79 Å². The van der Waals surface area contributed by atoms with Crippen molar-refractivity contribution >= 4 is 34.5 Å². The Balaban J connectivity index is 1.51. The Morgan fingerprint density at radius 3 is 2.83 bits per heavy atom. The summed E-state index contributed by atoms with van der Waals surface area (Å²) in [6, 6.07) is 10.5. The normalized spacial score (nSPS) is 33.5. The number of rotatable bonds is 2. The van der Waals surface area contributed by atoms with E-state index in [1.165, 1.54) is 12.0 Å². The van der Waals surface area contributed by atoms with Crippen LogP contribution in [0, 0.1) is 5.92 Å². The molecule has 6 heteroatoms. The number of hydrogen-bond donors (Lipinski definition) is 0. The third kappa shape index (κ3) is 2.10. The molecule has 0 radical (unpaired) electrons. The lowest BCUT2D eigenvalue weighted by atomic mass is 9.70. The van der Waals surface area contributed by atoms with Crippen molar-refractivity contribution in [3.05, 3.63) is 52.8 Å². The number of fused-ring (bicyclic) bond motifs is 2. The maximum Gasteiger partial charge on any atom is 0.292 e. The Labute approximate surface area is 159 Å². The van der Waals surface area contributed by atoms with Crippen molar-refractivity contribution in [3.8, 4) is 11.5 Å². The van der Waals surface area contributed by atoms with E-state index in [4.69, 9.17) is 21.1 Å². The highest BCUT2D eigenvalue weighted by Gasteiger charge is 2.54. The Morgan fingerprint density at radius 2 is 2.17 bits per heavy atom. The van der Waals surface area contributed by atoms with Crippen molar-refractivity contribution in [2.75, 3.05) is 6.54 Å². The lowest BCUT2D eigenvalue weighted by molar-refractivity contribution is -0.0723. The molecule has 2 aromatic rings. The van der Waals surface area contributed by atoms with Crippen molar-refractivity contribution in [1.29, 1.82) is 0 Å². The third-order valence-electron chi connectivity index (χ3n) is 5.40. The van der Waals surface area contributed by atoms with Gasteiger partial charge in [-0.15, -0.1) is 0 Å². The van der Waals surface area contributed by atoms with Crippen LogP contribution in [-0.2, 0) is 5.79 Å². The molecule has 2 saturated heterocycles.